The van der Waals surface area contributed by atoms with Crippen LogP contribution in [0.4, 0.5) is 14.5 Å². The van der Waals surface area contributed by atoms with Crippen LogP contribution in [0, 0.1) is 0 Å². The van der Waals surface area contributed by atoms with Gasteiger partial charge in [0.2, 0.25) is 9.84 Å². The fraction of sp³-hybridized carbons (Fsp3) is 0.571. The van der Waals surface area contributed by atoms with Crippen LogP contribution in [0.25, 0.3) is 0 Å². The minimum absolute atomic E-state index is 0.128. The molecule has 0 bridgehead atoms. The number of hydrogen-bond acceptors (Lipinski definition) is 4. The topological polar surface area (TPSA) is 66.4 Å². The van der Waals surface area contributed by atoms with Gasteiger partial charge in [0.05, 0.1) is 22.7 Å². The summed E-state index contributed by atoms with van der Waals surface area (Å²) in [5.74, 6) is -3.46. The standard InChI is InChI=1S/C14H19F2NO3S/c15-14(16)21(19,20)13-9-5-4-7-11(13)17-10-6-2-1-3-8-12(10)18/h4-5,7,9-10,12,14,17-18H,1-3,6,8H2. The van der Waals surface area contributed by atoms with Gasteiger partial charge in [0.25, 0.3) is 0 Å². The summed E-state index contributed by atoms with van der Waals surface area (Å²) < 4.78 is 48.8. The molecule has 1 aliphatic rings. The first-order chi connectivity index (χ1) is 9.93. The van der Waals surface area contributed by atoms with Gasteiger partial charge in [0.15, 0.2) is 0 Å². The van der Waals surface area contributed by atoms with Crippen molar-refractivity contribution >= 4 is 15.5 Å². The fourth-order valence-electron chi connectivity index (χ4n) is 2.59. The largest absolute Gasteiger partial charge is 0.391 e. The summed E-state index contributed by atoms with van der Waals surface area (Å²) in [5.41, 5.74) is 0.128. The molecule has 2 unspecified atom stereocenters. The summed E-state index contributed by atoms with van der Waals surface area (Å²) in [4.78, 5) is -0.420. The molecule has 21 heavy (non-hydrogen) atoms. The summed E-state index contributed by atoms with van der Waals surface area (Å²) >= 11 is 0. The van der Waals surface area contributed by atoms with Crippen molar-refractivity contribution < 1.29 is 22.3 Å². The van der Waals surface area contributed by atoms with Gasteiger partial charge in [-0.3, -0.25) is 0 Å². The number of benzene rings is 1. The van der Waals surface area contributed by atoms with Gasteiger partial charge in [-0.05, 0) is 25.0 Å². The number of aliphatic hydroxyl groups excluding tert-OH is 1. The van der Waals surface area contributed by atoms with Crippen LogP contribution in [0.2, 0.25) is 0 Å². The smallest absolute Gasteiger partial charge is 0.341 e. The summed E-state index contributed by atoms with van der Waals surface area (Å²) in [6, 6.07) is 5.28. The number of alkyl halides is 2. The molecule has 0 radical (unpaired) electrons. The van der Waals surface area contributed by atoms with Crippen molar-refractivity contribution in [3.63, 3.8) is 0 Å². The molecule has 1 fully saturated rings. The monoisotopic (exact) mass is 319 g/mol. The number of rotatable bonds is 4. The normalized spacial score (nSPS) is 23.8. The van der Waals surface area contributed by atoms with Gasteiger partial charge in [-0.1, -0.05) is 31.4 Å². The van der Waals surface area contributed by atoms with E-state index in [-0.39, 0.29) is 11.7 Å². The molecular formula is C14H19F2NO3S. The van der Waals surface area contributed by atoms with Crippen molar-refractivity contribution in [1.82, 2.24) is 0 Å². The number of nitrogens with one attached hydrogen (secondary N) is 1. The molecule has 1 aromatic rings. The Morgan fingerprint density at radius 3 is 2.52 bits per heavy atom. The molecule has 0 spiro atoms. The number of sulfone groups is 1. The van der Waals surface area contributed by atoms with Crippen molar-refractivity contribution in [2.24, 2.45) is 0 Å². The number of hydrogen-bond donors (Lipinski definition) is 2. The minimum Gasteiger partial charge on any atom is -0.391 e. The lowest BCUT2D eigenvalue weighted by molar-refractivity contribution is 0.144. The van der Waals surface area contributed by atoms with Crippen molar-refractivity contribution in [1.29, 1.82) is 0 Å². The highest BCUT2D eigenvalue weighted by Crippen LogP contribution is 2.29. The van der Waals surface area contributed by atoms with Crippen molar-refractivity contribution in [3.8, 4) is 0 Å². The van der Waals surface area contributed by atoms with Crippen LogP contribution in [-0.4, -0.2) is 31.4 Å². The highest BCUT2D eigenvalue weighted by molar-refractivity contribution is 7.91. The van der Waals surface area contributed by atoms with Gasteiger partial charge in [-0.25, -0.2) is 8.42 Å². The first-order valence-electron chi connectivity index (χ1n) is 6.98. The molecule has 2 rings (SSSR count). The van der Waals surface area contributed by atoms with E-state index in [1.54, 1.807) is 6.07 Å². The number of halogens is 2. The lowest BCUT2D eigenvalue weighted by atomic mass is 10.1. The highest BCUT2D eigenvalue weighted by atomic mass is 32.2. The minimum atomic E-state index is -4.66. The van der Waals surface area contributed by atoms with E-state index in [2.05, 4.69) is 5.32 Å². The van der Waals surface area contributed by atoms with E-state index in [9.17, 15) is 22.3 Å². The number of anilines is 1. The van der Waals surface area contributed by atoms with Crippen LogP contribution >= 0.6 is 0 Å². The Morgan fingerprint density at radius 1 is 1.14 bits per heavy atom. The van der Waals surface area contributed by atoms with E-state index in [1.165, 1.54) is 12.1 Å². The summed E-state index contributed by atoms with van der Waals surface area (Å²) in [6.45, 7) is 0. The van der Waals surface area contributed by atoms with Crippen molar-refractivity contribution in [2.75, 3.05) is 5.32 Å². The van der Waals surface area contributed by atoms with Gasteiger partial charge >= 0.3 is 5.76 Å². The Balaban J connectivity index is 2.28. The average molecular weight is 319 g/mol. The first-order valence-corrected chi connectivity index (χ1v) is 8.53. The second kappa shape index (κ2) is 6.70. The number of para-hydroxylation sites is 1. The lowest BCUT2D eigenvalue weighted by Crippen LogP contribution is -2.33. The predicted molar refractivity (Wildman–Crippen MR) is 76.1 cm³/mol. The average Bonchev–Trinajstić information content (AvgIpc) is 2.64. The van der Waals surface area contributed by atoms with Gasteiger partial charge in [0.1, 0.15) is 0 Å². The highest BCUT2D eigenvalue weighted by Gasteiger charge is 2.30. The zero-order valence-corrected chi connectivity index (χ0v) is 12.3. The second-order valence-electron chi connectivity index (χ2n) is 5.26. The van der Waals surface area contributed by atoms with Crippen LogP contribution in [0.3, 0.4) is 0 Å². The number of aliphatic hydroxyl groups is 1. The molecule has 0 saturated heterocycles. The quantitative estimate of drug-likeness (QED) is 0.838. The molecular weight excluding hydrogens is 300 g/mol. The Morgan fingerprint density at radius 2 is 1.81 bits per heavy atom. The molecule has 7 heteroatoms. The molecule has 1 saturated carbocycles. The van der Waals surface area contributed by atoms with Crippen LogP contribution in [0.15, 0.2) is 29.2 Å². The predicted octanol–water partition coefficient (Wildman–Crippen LogP) is 2.79. The van der Waals surface area contributed by atoms with Gasteiger partial charge in [-0.15, -0.1) is 0 Å². The van der Waals surface area contributed by atoms with Crippen molar-refractivity contribution in [2.45, 2.75) is 54.9 Å². The Hall–Kier alpha value is -1.21. The fourth-order valence-corrected chi connectivity index (χ4v) is 3.48. The van der Waals surface area contributed by atoms with E-state index < -0.39 is 26.6 Å². The maximum Gasteiger partial charge on any atom is 0.341 e. The van der Waals surface area contributed by atoms with E-state index in [0.29, 0.717) is 12.8 Å². The molecule has 0 amide bonds. The summed E-state index contributed by atoms with van der Waals surface area (Å²) in [5, 5.41) is 13.0. The Bertz CT molecular complexity index is 577. The lowest BCUT2D eigenvalue weighted by Gasteiger charge is -2.24. The molecule has 2 atom stereocenters. The summed E-state index contributed by atoms with van der Waals surface area (Å²) in [7, 11) is -4.66. The Kier molecular flexibility index (Phi) is 5.16. The summed E-state index contributed by atoms with van der Waals surface area (Å²) in [6.07, 6.45) is 3.54. The molecule has 1 aliphatic carbocycles. The van der Waals surface area contributed by atoms with E-state index >= 15 is 0 Å². The van der Waals surface area contributed by atoms with Gasteiger partial charge in [0, 0.05) is 0 Å². The zero-order valence-electron chi connectivity index (χ0n) is 11.5. The maximum atomic E-state index is 12.7. The van der Waals surface area contributed by atoms with E-state index in [0.717, 1.165) is 25.3 Å². The molecule has 0 aromatic heterocycles. The third kappa shape index (κ3) is 3.71. The van der Waals surface area contributed by atoms with Gasteiger partial charge in [-0.2, -0.15) is 8.78 Å². The molecule has 118 valence electrons. The molecule has 2 N–H and O–H groups in total. The van der Waals surface area contributed by atoms with E-state index in [4.69, 9.17) is 0 Å². The molecule has 0 heterocycles. The van der Waals surface area contributed by atoms with Crippen LogP contribution in [0.5, 0.6) is 0 Å². The SMILES string of the molecule is O=S(=O)(c1ccccc1NC1CCCCCC1O)C(F)F. The third-order valence-electron chi connectivity index (χ3n) is 3.75. The van der Waals surface area contributed by atoms with Gasteiger partial charge < -0.3 is 10.4 Å². The first kappa shape index (κ1) is 16.2. The molecule has 4 nitrogen and oxygen atoms in total. The van der Waals surface area contributed by atoms with Crippen LogP contribution in [0.1, 0.15) is 32.1 Å². The third-order valence-corrected chi connectivity index (χ3v) is 5.19. The van der Waals surface area contributed by atoms with E-state index in [1.807, 2.05) is 0 Å². The molecule has 0 aliphatic heterocycles. The van der Waals surface area contributed by atoms with Crippen molar-refractivity contribution in [3.05, 3.63) is 24.3 Å². The Labute approximate surface area is 123 Å². The maximum absolute atomic E-state index is 12.7. The van der Waals surface area contributed by atoms with Crippen LogP contribution in [-0.2, 0) is 9.84 Å². The second-order valence-corrected chi connectivity index (χ2v) is 7.14. The zero-order chi connectivity index (χ0) is 15.5. The van der Waals surface area contributed by atoms with Crippen LogP contribution < -0.4 is 5.32 Å². The molecule has 1 aromatic carbocycles.